The first-order valence-corrected chi connectivity index (χ1v) is 12.5. The number of aryl methyl sites for hydroxylation is 2. The van der Waals surface area contributed by atoms with Gasteiger partial charge in [-0.1, -0.05) is 0 Å². The Morgan fingerprint density at radius 2 is 1.95 bits per heavy atom. The molecule has 1 atom stereocenters. The molecule has 4 heterocycles. The maximum atomic E-state index is 15.0. The Kier molecular flexibility index (Phi) is 5.95. The SMILES string of the molecule is COc1cnc2c(-c3nc4cc(F)c5c(c4s3)C[C@@H](COC(=O)Nc3cnc(C)nc3)O5)cc(C)cc2n1. The van der Waals surface area contributed by atoms with E-state index < -0.39 is 18.0 Å². The smallest absolute Gasteiger partial charge is 0.411 e. The van der Waals surface area contributed by atoms with Crippen molar-refractivity contribution < 1.29 is 23.4 Å². The van der Waals surface area contributed by atoms with Gasteiger partial charge in [0.05, 0.1) is 52.6 Å². The van der Waals surface area contributed by atoms with E-state index in [1.807, 2.05) is 19.1 Å². The van der Waals surface area contributed by atoms with E-state index in [4.69, 9.17) is 19.2 Å². The number of ether oxygens (including phenoxy) is 3. The van der Waals surface area contributed by atoms with Gasteiger partial charge in [-0.15, -0.1) is 11.3 Å². The van der Waals surface area contributed by atoms with Gasteiger partial charge in [-0.05, 0) is 31.5 Å². The topological polar surface area (TPSA) is 121 Å². The van der Waals surface area contributed by atoms with Crippen LogP contribution in [0.4, 0.5) is 14.9 Å². The Labute approximate surface area is 219 Å². The number of methoxy groups -OCH3 is 1. The second-order valence-corrected chi connectivity index (χ2v) is 9.81. The second kappa shape index (κ2) is 9.45. The molecule has 0 aliphatic carbocycles. The first-order valence-electron chi connectivity index (χ1n) is 11.7. The van der Waals surface area contributed by atoms with Crippen molar-refractivity contribution in [2.45, 2.75) is 26.4 Å². The van der Waals surface area contributed by atoms with Crippen molar-refractivity contribution in [1.82, 2.24) is 24.9 Å². The molecule has 1 amide bonds. The van der Waals surface area contributed by atoms with Crippen LogP contribution in [0.2, 0.25) is 0 Å². The summed E-state index contributed by atoms with van der Waals surface area (Å²) in [6, 6.07) is 5.29. The van der Waals surface area contributed by atoms with Gasteiger partial charge in [0.2, 0.25) is 5.88 Å². The number of nitrogens with zero attached hydrogens (tertiary/aromatic N) is 5. The average molecular weight is 533 g/mol. The number of hydrogen-bond donors (Lipinski definition) is 1. The van der Waals surface area contributed by atoms with Gasteiger partial charge in [0, 0.05) is 23.6 Å². The normalized spacial score (nSPS) is 14.4. The number of thiazole rings is 1. The summed E-state index contributed by atoms with van der Waals surface area (Å²) in [4.78, 5) is 34.0. The number of carbonyl (C=O) groups excluding carboxylic acids is 1. The Bertz CT molecular complexity index is 1710. The first kappa shape index (κ1) is 23.9. The quantitative estimate of drug-likeness (QED) is 0.333. The fourth-order valence-electron chi connectivity index (χ4n) is 4.32. The zero-order valence-corrected chi connectivity index (χ0v) is 21.4. The zero-order valence-electron chi connectivity index (χ0n) is 20.6. The monoisotopic (exact) mass is 532 g/mol. The van der Waals surface area contributed by atoms with Crippen molar-refractivity contribution in [2.75, 3.05) is 19.0 Å². The molecule has 12 heteroatoms. The molecule has 192 valence electrons. The van der Waals surface area contributed by atoms with Crippen molar-refractivity contribution in [1.29, 1.82) is 0 Å². The lowest BCUT2D eigenvalue weighted by atomic mass is 10.1. The summed E-state index contributed by atoms with van der Waals surface area (Å²) >= 11 is 1.44. The Morgan fingerprint density at radius 1 is 1.13 bits per heavy atom. The summed E-state index contributed by atoms with van der Waals surface area (Å²) < 4.78 is 32.2. The average Bonchev–Trinajstić information content (AvgIpc) is 3.53. The number of benzene rings is 2. The van der Waals surface area contributed by atoms with Crippen molar-refractivity contribution in [3.8, 4) is 22.2 Å². The van der Waals surface area contributed by atoms with Crippen LogP contribution in [0.5, 0.6) is 11.6 Å². The Hall–Kier alpha value is -4.45. The highest BCUT2D eigenvalue weighted by Gasteiger charge is 2.31. The van der Waals surface area contributed by atoms with Crippen LogP contribution in [0, 0.1) is 19.7 Å². The van der Waals surface area contributed by atoms with Gasteiger partial charge in [0.1, 0.15) is 23.5 Å². The molecule has 0 saturated carbocycles. The molecule has 1 aliphatic heterocycles. The third-order valence-electron chi connectivity index (χ3n) is 6.03. The summed E-state index contributed by atoms with van der Waals surface area (Å²) in [6.45, 7) is 3.66. The Balaban J connectivity index is 1.25. The van der Waals surface area contributed by atoms with Gasteiger partial charge in [0.15, 0.2) is 11.6 Å². The summed E-state index contributed by atoms with van der Waals surface area (Å²) in [6.07, 6.45) is 3.70. The van der Waals surface area contributed by atoms with Gasteiger partial charge in [-0.3, -0.25) is 5.32 Å². The molecule has 0 spiro atoms. The number of rotatable bonds is 5. The lowest BCUT2D eigenvalue weighted by Crippen LogP contribution is -2.25. The van der Waals surface area contributed by atoms with E-state index in [0.717, 1.165) is 15.8 Å². The minimum Gasteiger partial charge on any atom is -0.483 e. The number of nitrogens with one attached hydrogen (secondary N) is 1. The Morgan fingerprint density at radius 3 is 2.74 bits per heavy atom. The third-order valence-corrected chi connectivity index (χ3v) is 7.20. The molecular weight excluding hydrogens is 511 g/mol. The summed E-state index contributed by atoms with van der Waals surface area (Å²) in [5.41, 5.74) is 4.80. The molecule has 0 saturated heterocycles. The number of fused-ring (bicyclic) bond motifs is 4. The van der Waals surface area contributed by atoms with E-state index in [9.17, 15) is 9.18 Å². The minimum atomic E-state index is -0.674. The molecule has 0 fully saturated rings. The fraction of sp³-hybridized carbons (Fsp3) is 0.231. The minimum absolute atomic E-state index is 0.0558. The summed E-state index contributed by atoms with van der Waals surface area (Å²) in [7, 11) is 1.54. The van der Waals surface area contributed by atoms with Gasteiger partial charge in [-0.25, -0.2) is 34.1 Å². The molecule has 1 aliphatic rings. The molecule has 6 rings (SSSR count). The van der Waals surface area contributed by atoms with Gasteiger partial charge >= 0.3 is 6.09 Å². The van der Waals surface area contributed by atoms with Crippen LogP contribution in [-0.4, -0.2) is 50.8 Å². The van der Waals surface area contributed by atoms with E-state index in [2.05, 4.69) is 25.3 Å². The highest BCUT2D eigenvalue weighted by molar-refractivity contribution is 7.22. The van der Waals surface area contributed by atoms with Crippen LogP contribution in [0.25, 0.3) is 31.8 Å². The predicted molar refractivity (Wildman–Crippen MR) is 139 cm³/mol. The third kappa shape index (κ3) is 4.43. The molecule has 3 aromatic heterocycles. The number of aromatic nitrogens is 5. The molecule has 38 heavy (non-hydrogen) atoms. The molecule has 0 radical (unpaired) electrons. The summed E-state index contributed by atoms with van der Waals surface area (Å²) in [5.74, 6) is 0.660. The van der Waals surface area contributed by atoms with Crippen LogP contribution < -0.4 is 14.8 Å². The van der Waals surface area contributed by atoms with E-state index in [0.29, 0.717) is 50.9 Å². The van der Waals surface area contributed by atoms with E-state index in [1.165, 1.54) is 29.8 Å². The molecule has 2 aromatic carbocycles. The molecule has 1 N–H and O–H groups in total. The number of anilines is 1. The van der Waals surface area contributed by atoms with E-state index >= 15 is 0 Å². The highest BCUT2D eigenvalue weighted by Crippen LogP contribution is 2.43. The first-order chi connectivity index (χ1) is 18.4. The van der Waals surface area contributed by atoms with Crippen molar-refractivity contribution in [3.63, 3.8) is 0 Å². The largest absolute Gasteiger partial charge is 0.483 e. The lowest BCUT2D eigenvalue weighted by molar-refractivity contribution is 0.100. The molecule has 5 aromatic rings. The highest BCUT2D eigenvalue weighted by atomic mass is 32.1. The maximum Gasteiger partial charge on any atom is 0.411 e. The van der Waals surface area contributed by atoms with Crippen LogP contribution >= 0.6 is 11.3 Å². The number of amides is 1. The van der Waals surface area contributed by atoms with Crippen LogP contribution in [0.3, 0.4) is 0 Å². The van der Waals surface area contributed by atoms with Gasteiger partial charge in [0.25, 0.3) is 0 Å². The number of hydrogen-bond acceptors (Lipinski definition) is 10. The predicted octanol–water partition coefficient (Wildman–Crippen LogP) is 5.01. The molecule has 0 unspecified atom stereocenters. The van der Waals surface area contributed by atoms with E-state index in [-0.39, 0.29) is 12.4 Å². The fourth-order valence-corrected chi connectivity index (χ4v) is 5.44. The van der Waals surface area contributed by atoms with Crippen LogP contribution in [0.1, 0.15) is 17.0 Å². The molecule has 10 nitrogen and oxygen atoms in total. The van der Waals surface area contributed by atoms with Gasteiger partial charge < -0.3 is 14.2 Å². The standard InChI is InChI=1S/C26H21FN6O4S/c1-12-4-16(22-19(5-12)32-21(35-3)10-30-22)25-33-20-7-18(27)23-17(24(20)38-25)6-15(37-23)11-36-26(34)31-14-8-28-13(2)29-9-14/h4-5,7-10,15H,6,11H2,1-3H3,(H,31,34)/t15-/m0/s1. The van der Waals surface area contributed by atoms with Gasteiger partial charge in [-0.2, -0.15) is 0 Å². The maximum absolute atomic E-state index is 15.0. The van der Waals surface area contributed by atoms with Crippen molar-refractivity contribution in [3.05, 3.63) is 59.6 Å². The van der Waals surface area contributed by atoms with E-state index in [1.54, 1.807) is 20.2 Å². The van der Waals surface area contributed by atoms with Crippen LogP contribution in [-0.2, 0) is 11.2 Å². The zero-order chi connectivity index (χ0) is 26.4. The summed E-state index contributed by atoms with van der Waals surface area (Å²) in [5, 5.41) is 3.26. The second-order valence-electron chi connectivity index (χ2n) is 8.81. The number of halogens is 1. The lowest BCUT2D eigenvalue weighted by Gasteiger charge is -2.12. The van der Waals surface area contributed by atoms with Crippen LogP contribution in [0.15, 0.2) is 36.8 Å². The molecule has 0 bridgehead atoms. The molecular formula is C26H21FN6O4S. The van der Waals surface area contributed by atoms with Crippen molar-refractivity contribution in [2.24, 2.45) is 0 Å². The number of carbonyl (C=O) groups is 1. The van der Waals surface area contributed by atoms with Crippen molar-refractivity contribution >= 4 is 44.4 Å².